The average Bonchev–Trinajstić information content (AvgIpc) is 2.83. The predicted molar refractivity (Wildman–Crippen MR) is 125 cm³/mol. The van der Waals surface area contributed by atoms with Gasteiger partial charge in [-0.15, -0.1) is 0 Å². The van der Waals surface area contributed by atoms with E-state index in [0.717, 1.165) is 0 Å². The van der Waals surface area contributed by atoms with Crippen LogP contribution in [-0.2, 0) is 39.7 Å². The van der Waals surface area contributed by atoms with E-state index in [2.05, 4.69) is 9.44 Å². The van der Waals surface area contributed by atoms with Gasteiger partial charge in [0.05, 0.1) is 13.2 Å². The standard InChI is InChI=1S/C18H33NO15S3/c1-36(27)5-3-2-4-10(19-34-37(28,29)30)35-18-15(26)13(24)16(9(7-21)32-18)33-17-14(25)12(23)11(22)8(6-20)31-17/h8-9,11-18,20-26H,2-7H2,1H3,(H,28,29,30)/p-1/b19-10-/t8-,9-,11-,12+,13-,14-,15-,16-,17-,18+,36?/m1/s1. The normalized spacial score (nSPS) is 38.4. The molecule has 16 nitrogen and oxygen atoms in total. The van der Waals surface area contributed by atoms with Gasteiger partial charge in [0.2, 0.25) is 0 Å². The molecule has 7 N–H and O–H groups in total. The summed E-state index contributed by atoms with van der Waals surface area (Å²) in [4.78, 5) is 0. The molecule has 0 saturated carbocycles. The minimum Gasteiger partial charge on any atom is -0.714 e. The number of oxime groups is 1. The molecule has 0 radical (unpaired) electrons. The van der Waals surface area contributed by atoms with E-state index in [0.29, 0.717) is 30.4 Å². The molecule has 37 heavy (non-hydrogen) atoms. The fourth-order valence-corrected chi connectivity index (χ4v) is 5.53. The first-order valence-corrected chi connectivity index (χ1v) is 15.0. The third-order valence-corrected chi connectivity index (χ3v) is 7.81. The van der Waals surface area contributed by atoms with Crippen LogP contribution in [0.4, 0.5) is 0 Å². The zero-order chi connectivity index (χ0) is 27.9. The predicted octanol–water partition coefficient (Wildman–Crippen LogP) is -4.32. The molecule has 2 heterocycles. The number of rotatable bonds is 12. The van der Waals surface area contributed by atoms with Crippen molar-refractivity contribution in [2.45, 2.75) is 79.8 Å². The highest BCUT2D eigenvalue weighted by atomic mass is 32.3. The molecule has 2 fully saturated rings. The van der Waals surface area contributed by atoms with Crippen LogP contribution in [0.15, 0.2) is 5.16 Å². The number of thioether (sulfide) groups is 1. The van der Waals surface area contributed by atoms with Crippen LogP contribution >= 0.6 is 11.8 Å². The Kier molecular flexibility index (Phi) is 13.0. The molecule has 218 valence electrons. The van der Waals surface area contributed by atoms with Crippen LogP contribution in [0.2, 0.25) is 0 Å². The Bertz CT molecular complexity index is 872. The largest absolute Gasteiger partial charge is 0.714 e. The van der Waals surface area contributed by atoms with Crippen LogP contribution in [0, 0.1) is 0 Å². The van der Waals surface area contributed by atoms with Crippen LogP contribution in [0.25, 0.3) is 0 Å². The van der Waals surface area contributed by atoms with Gasteiger partial charge in [0.15, 0.2) is 6.29 Å². The minimum absolute atomic E-state index is 0.0364. The molecule has 0 aliphatic carbocycles. The van der Waals surface area contributed by atoms with Crippen LogP contribution in [0.5, 0.6) is 0 Å². The Hall–Kier alpha value is -0.520. The molecule has 0 spiro atoms. The molecule has 19 heteroatoms. The van der Waals surface area contributed by atoms with Gasteiger partial charge in [0, 0.05) is 22.8 Å². The van der Waals surface area contributed by atoms with Gasteiger partial charge in [0.1, 0.15) is 59.3 Å². The second kappa shape index (κ2) is 14.7. The molecule has 1 unspecified atom stereocenters. The van der Waals surface area contributed by atoms with Gasteiger partial charge in [-0.25, -0.2) is 0 Å². The van der Waals surface area contributed by atoms with E-state index in [1.54, 1.807) is 0 Å². The Balaban J connectivity index is 2.13. The van der Waals surface area contributed by atoms with Crippen molar-refractivity contribution in [3.63, 3.8) is 0 Å². The quantitative estimate of drug-likeness (QED) is 0.0279. The zero-order valence-corrected chi connectivity index (χ0v) is 22.0. The Morgan fingerprint density at radius 3 is 2.19 bits per heavy atom. The summed E-state index contributed by atoms with van der Waals surface area (Å²) >= 11 is 0.610. The Labute approximate surface area is 219 Å². The van der Waals surface area contributed by atoms with Crippen molar-refractivity contribution >= 4 is 38.0 Å². The first-order valence-electron chi connectivity index (χ1n) is 11.1. The Morgan fingerprint density at radius 2 is 1.62 bits per heavy atom. The number of unbranched alkanes of at least 4 members (excludes halogenated alkanes) is 1. The highest BCUT2D eigenvalue weighted by Crippen LogP contribution is 2.34. The fourth-order valence-electron chi connectivity index (χ4n) is 3.58. The topological polar surface area (TPSA) is 265 Å². The lowest BCUT2D eigenvalue weighted by atomic mass is 9.97. The third-order valence-electron chi connectivity index (χ3n) is 5.52. The summed E-state index contributed by atoms with van der Waals surface area (Å²) in [6.07, 6.45) is -12.3. The molecule has 11 atom stereocenters. The molecule has 0 aromatic heterocycles. The molecule has 2 aliphatic rings. The molecule has 0 aromatic rings. The summed E-state index contributed by atoms with van der Waals surface area (Å²) in [7, 11) is -6.27. The van der Waals surface area contributed by atoms with Crippen molar-refractivity contribution in [3.8, 4) is 0 Å². The van der Waals surface area contributed by atoms with Gasteiger partial charge in [-0.2, -0.15) is 8.42 Å². The van der Waals surface area contributed by atoms with Crippen LogP contribution in [0.1, 0.15) is 19.3 Å². The smallest absolute Gasteiger partial charge is 0.284 e. The summed E-state index contributed by atoms with van der Waals surface area (Å²) in [6, 6.07) is 0. The maximum absolute atomic E-state index is 11.2. The van der Waals surface area contributed by atoms with Gasteiger partial charge in [-0.05, 0) is 19.3 Å². The summed E-state index contributed by atoms with van der Waals surface area (Å²) in [5.74, 6) is 0.351. The van der Waals surface area contributed by atoms with E-state index < -0.39 is 95.0 Å². The fraction of sp³-hybridized carbons (Fsp3) is 0.944. The molecule has 2 saturated heterocycles. The number of nitrogens with zero attached hydrogens (tertiary/aromatic N) is 1. The van der Waals surface area contributed by atoms with E-state index >= 15 is 0 Å². The minimum atomic E-state index is -5.20. The number of hydrogen-bond donors (Lipinski definition) is 7. The van der Waals surface area contributed by atoms with Crippen molar-refractivity contribution in [1.82, 2.24) is 0 Å². The molecule has 0 bridgehead atoms. The maximum Gasteiger partial charge on any atom is 0.284 e. The second-order valence-electron chi connectivity index (χ2n) is 8.32. The van der Waals surface area contributed by atoms with Crippen molar-refractivity contribution in [2.75, 3.05) is 25.2 Å². The first kappa shape index (κ1) is 32.7. The molecule has 2 rings (SSSR count). The van der Waals surface area contributed by atoms with E-state index in [4.69, 9.17) is 14.2 Å². The summed E-state index contributed by atoms with van der Waals surface area (Å²) < 4.78 is 63.9. The van der Waals surface area contributed by atoms with Crippen LogP contribution in [-0.4, -0.2) is 144 Å². The number of aliphatic hydroxyl groups excluding tert-OH is 7. The summed E-state index contributed by atoms with van der Waals surface area (Å²) in [6.45, 7) is -1.51. The zero-order valence-electron chi connectivity index (χ0n) is 19.6. The monoisotopic (exact) mass is 598 g/mol. The van der Waals surface area contributed by atoms with E-state index in [1.807, 2.05) is 0 Å². The molecule has 0 aromatic carbocycles. The van der Waals surface area contributed by atoms with Crippen molar-refractivity contribution in [1.29, 1.82) is 0 Å². The average molecular weight is 599 g/mol. The summed E-state index contributed by atoms with van der Waals surface area (Å²) in [5, 5.41) is 73.6. The number of aliphatic hydroxyl groups is 7. The van der Waals surface area contributed by atoms with Gasteiger partial charge in [0.25, 0.3) is 10.4 Å². The van der Waals surface area contributed by atoms with E-state index in [9.17, 15) is 52.9 Å². The third kappa shape index (κ3) is 9.57. The van der Waals surface area contributed by atoms with E-state index in [1.165, 1.54) is 6.26 Å². The highest BCUT2D eigenvalue weighted by Gasteiger charge is 2.50. The van der Waals surface area contributed by atoms with Crippen molar-refractivity contribution < 1.29 is 71.4 Å². The number of ether oxygens (including phenoxy) is 3. The van der Waals surface area contributed by atoms with Gasteiger partial charge in [-0.1, -0.05) is 16.9 Å². The molecular formula is C18H32NO15S3-. The molecule has 2 aliphatic heterocycles. The van der Waals surface area contributed by atoms with Crippen molar-refractivity contribution in [2.24, 2.45) is 5.16 Å². The second-order valence-corrected chi connectivity index (χ2v) is 12.0. The highest BCUT2D eigenvalue weighted by molar-refractivity contribution is 8.14. The number of hydrogen-bond acceptors (Lipinski definition) is 17. The van der Waals surface area contributed by atoms with Gasteiger partial charge < -0.3 is 54.5 Å². The Morgan fingerprint density at radius 1 is 0.973 bits per heavy atom. The molecule has 0 amide bonds. The van der Waals surface area contributed by atoms with Crippen LogP contribution < -0.4 is 0 Å². The lowest BCUT2D eigenvalue weighted by Gasteiger charge is -2.46. The van der Waals surface area contributed by atoms with Crippen LogP contribution in [0.3, 0.4) is 0 Å². The molecular weight excluding hydrogens is 566 g/mol. The summed E-state index contributed by atoms with van der Waals surface area (Å²) in [5.41, 5.74) is -1.36. The lowest BCUT2D eigenvalue weighted by Crippen LogP contribution is -2.64. The van der Waals surface area contributed by atoms with Gasteiger partial charge >= 0.3 is 0 Å². The van der Waals surface area contributed by atoms with Gasteiger partial charge in [-0.3, -0.25) is 8.49 Å². The SMILES string of the molecule is CS(=O)CCCC/C(=N/OS(=O)(=O)[O-])S[C@@H]1O[C@H](CO)[C@@H](O[C@H]2O[C@H](CO)[C@@H](O)[C@H](O)[C@H]2O)[C@H](O)[C@H]1O. The lowest BCUT2D eigenvalue weighted by molar-refractivity contribution is -0.338. The maximum atomic E-state index is 11.2. The van der Waals surface area contributed by atoms with E-state index in [-0.39, 0.29) is 11.5 Å². The first-order chi connectivity index (χ1) is 17.3. The van der Waals surface area contributed by atoms with Crippen molar-refractivity contribution in [3.05, 3.63) is 0 Å².